The average molecular weight is 473 g/mol. The van der Waals surface area contributed by atoms with Gasteiger partial charge in [-0.1, -0.05) is 30.0 Å². The van der Waals surface area contributed by atoms with Crippen LogP contribution in [0.5, 0.6) is 0 Å². The molecular weight excluding hydrogens is 448 g/mol. The first-order chi connectivity index (χ1) is 13.9. The molecule has 1 fully saturated rings. The average Bonchev–Trinajstić information content (AvgIpc) is 3.18. The van der Waals surface area contributed by atoms with Gasteiger partial charge in [-0.15, -0.1) is 22.0 Å². The number of aromatic nitrogens is 2. The molecule has 1 saturated heterocycles. The molecule has 1 N–H and O–H groups in total. The van der Waals surface area contributed by atoms with E-state index in [1.165, 1.54) is 35.2 Å². The third-order valence-corrected chi connectivity index (χ3v) is 8.85. The van der Waals surface area contributed by atoms with Gasteiger partial charge in [-0.05, 0) is 50.1 Å². The molecule has 0 spiro atoms. The zero-order valence-corrected chi connectivity index (χ0v) is 19.6. The Hall–Kier alpha value is -1.30. The molecule has 11 heteroatoms. The molecule has 29 heavy (non-hydrogen) atoms. The lowest BCUT2D eigenvalue weighted by Gasteiger charge is -2.27. The number of hydrogen-bond donors (Lipinski definition) is 1. The summed E-state index contributed by atoms with van der Waals surface area (Å²) in [7, 11) is -3.86. The van der Waals surface area contributed by atoms with E-state index in [-0.39, 0.29) is 15.9 Å². The largest absolute Gasteiger partial charge is 0.339 e. The van der Waals surface area contributed by atoms with Gasteiger partial charge in [-0.3, -0.25) is 9.52 Å². The highest BCUT2D eigenvalue weighted by molar-refractivity contribution is 8.01. The Balaban J connectivity index is 1.83. The Labute approximate surface area is 184 Å². The van der Waals surface area contributed by atoms with Crippen LogP contribution in [0.2, 0.25) is 0 Å². The first kappa shape index (κ1) is 22.4. The second-order valence-corrected chi connectivity index (χ2v) is 11.4. The maximum Gasteiger partial charge on any atom is 0.263 e. The number of likely N-dealkylation sites (tertiary alicyclic amines) is 1. The minimum Gasteiger partial charge on any atom is -0.339 e. The van der Waals surface area contributed by atoms with Crippen LogP contribution in [0.3, 0.4) is 0 Å². The van der Waals surface area contributed by atoms with Crippen LogP contribution in [0.1, 0.15) is 43.0 Å². The lowest BCUT2D eigenvalue weighted by molar-refractivity contribution is 0.0720. The first-order valence-electron chi connectivity index (χ1n) is 9.41. The summed E-state index contributed by atoms with van der Waals surface area (Å²) in [5.41, 5.74) is 0.429. The SMILES string of the molecule is CCCSc1nnc(NS(=O)(=O)c2ccc(SC)c(C(=O)N3CCCCC3)c2)s1. The minimum absolute atomic E-state index is 0.0496. The molecule has 0 unspecified atom stereocenters. The summed E-state index contributed by atoms with van der Waals surface area (Å²) in [6.07, 6.45) is 5.97. The van der Waals surface area contributed by atoms with Crippen LogP contribution in [-0.2, 0) is 10.0 Å². The highest BCUT2D eigenvalue weighted by Crippen LogP contribution is 2.29. The monoisotopic (exact) mass is 472 g/mol. The number of rotatable bonds is 8. The van der Waals surface area contributed by atoms with Crippen molar-refractivity contribution in [3.05, 3.63) is 23.8 Å². The van der Waals surface area contributed by atoms with Gasteiger partial charge in [0.05, 0.1) is 10.5 Å². The number of sulfonamides is 1. The summed E-state index contributed by atoms with van der Waals surface area (Å²) >= 11 is 4.19. The van der Waals surface area contributed by atoms with Crippen molar-refractivity contribution < 1.29 is 13.2 Å². The Kier molecular flexibility index (Phi) is 7.83. The number of anilines is 1. The zero-order chi connectivity index (χ0) is 20.9. The number of benzene rings is 1. The summed E-state index contributed by atoms with van der Waals surface area (Å²) in [5, 5.41) is 8.15. The van der Waals surface area contributed by atoms with E-state index in [0.717, 1.165) is 40.7 Å². The van der Waals surface area contributed by atoms with Crippen molar-refractivity contribution in [2.45, 2.75) is 46.7 Å². The summed E-state index contributed by atoms with van der Waals surface area (Å²) in [6.45, 7) is 3.49. The summed E-state index contributed by atoms with van der Waals surface area (Å²) in [4.78, 5) is 15.6. The number of piperidine rings is 1. The van der Waals surface area contributed by atoms with E-state index in [9.17, 15) is 13.2 Å². The van der Waals surface area contributed by atoms with Gasteiger partial charge in [0.15, 0.2) is 4.34 Å². The maximum atomic E-state index is 13.0. The van der Waals surface area contributed by atoms with E-state index < -0.39 is 10.0 Å². The van der Waals surface area contributed by atoms with Crippen LogP contribution >= 0.6 is 34.9 Å². The lowest BCUT2D eigenvalue weighted by Crippen LogP contribution is -2.36. The molecule has 158 valence electrons. The van der Waals surface area contributed by atoms with Gasteiger partial charge < -0.3 is 4.90 Å². The molecule has 7 nitrogen and oxygen atoms in total. The van der Waals surface area contributed by atoms with Crippen LogP contribution in [-0.4, -0.2) is 54.5 Å². The van der Waals surface area contributed by atoms with Crippen LogP contribution in [0.4, 0.5) is 5.13 Å². The van der Waals surface area contributed by atoms with Crippen molar-refractivity contribution in [2.24, 2.45) is 0 Å². The van der Waals surface area contributed by atoms with Gasteiger partial charge in [0.2, 0.25) is 5.13 Å². The number of amides is 1. The highest BCUT2D eigenvalue weighted by atomic mass is 32.2. The van der Waals surface area contributed by atoms with E-state index in [1.807, 2.05) is 11.2 Å². The number of thioether (sulfide) groups is 2. The van der Waals surface area contributed by atoms with Crippen molar-refractivity contribution in [1.29, 1.82) is 0 Å². The molecule has 0 radical (unpaired) electrons. The second kappa shape index (κ2) is 10.1. The maximum absolute atomic E-state index is 13.0. The van der Waals surface area contributed by atoms with E-state index in [4.69, 9.17) is 0 Å². The molecule has 1 aromatic heterocycles. The third-order valence-electron chi connectivity index (χ3n) is 4.41. The molecule has 3 rings (SSSR count). The van der Waals surface area contributed by atoms with Crippen LogP contribution in [0.15, 0.2) is 32.3 Å². The molecule has 0 saturated carbocycles. The van der Waals surface area contributed by atoms with E-state index in [2.05, 4.69) is 21.8 Å². The summed E-state index contributed by atoms with van der Waals surface area (Å²) in [6, 6.07) is 4.69. The highest BCUT2D eigenvalue weighted by Gasteiger charge is 2.24. The van der Waals surface area contributed by atoms with Crippen molar-refractivity contribution in [1.82, 2.24) is 15.1 Å². The number of carbonyl (C=O) groups excluding carboxylic acids is 1. The predicted molar refractivity (Wildman–Crippen MR) is 120 cm³/mol. The molecule has 1 aliphatic rings. The van der Waals surface area contributed by atoms with Gasteiger partial charge in [-0.2, -0.15) is 0 Å². The normalized spacial score (nSPS) is 14.8. The smallest absolute Gasteiger partial charge is 0.263 e. The fraction of sp³-hybridized carbons (Fsp3) is 0.500. The van der Waals surface area contributed by atoms with Gasteiger partial charge in [-0.25, -0.2) is 8.42 Å². The fourth-order valence-corrected chi connectivity index (χ4v) is 6.46. The quantitative estimate of drug-likeness (QED) is 0.576. The van der Waals surface area contributed by atoms with E-state index in [1.54, 1.807) is 17.8 Å². The van der Waals surface area contributed by atoms with Crippen molar-refractivity contribution in [3.8, 4) is 0 Å². The molecule has 2 aromatic rings. The van der Waals surface area contributed by atoms with Crippen LogP contribution < -0.4 is 4.72 Å². The molecule has 1 aromatic carbocycles. The molecule has 0 bridgehead atoms. The Morgan fingerprint density at radius 1 is 1.24 bits per heavy atom. The standard InChI is InChI=1S/C18H24N4O3S4/c1-3-11-27-18-20-19-17(28-18)21-29(24,25)13-7-8-15(26-2)14(12-13)16(23)22-9-5-4-6-10-22/h7-8,12H,3-6,9-11H2,1-2H3,(H,19,21). The molecule has 0 atom stereocenters. The third kappa shape index (κ3) is 5.65. The number of nitrogens with zero attached hydrogens (tertiary/aromatic N) is 3. The van der Waals surface area contributed by atoms with Gasteiger partial charge in [0.1, 0.15) is 0 Å². The summed E-state index contributed by atoms with van der Waals surface area (Å²) < 4.78 is 28.9. The van der Waals surface area contributed by atoms with Gasteiger partial charge in [0.25, 0.3) is 15.9 Å². The van der Waals surface area contributed by atoms with E-state index >= 15 is 0 Å². The Morgan fingerprint density at radius 3 is 2.69 bits per heavy atom. The van der Waals surface area contributed by atoms with Crippen molar-refractivity contribution in [3.63, 3.8) is 0 Å². The van der Waals surface area contributed by atoms with Gasteiger partial charge >= 0.3 is 0 Å². The molecule has 2 heterocycles. The minimum atomic E-state index is -3.86. The van der Waals surface area contributed by atoms with Crippen molar-refractivity contribution >= 4 is 55.9 Å². The predicted octanol–water partition coefficient (Wildman–Crippen LogP) is 4.19. The molecule has 1 aliphatic heterocycles. The first-order valence-corrected chi connectivity index (χ1v) is 13.9. The fourth-order valence-electron chi connectivity index (χ4n) is 2.96. The van der Waals surface area contributed by atoms with Crippen LogP contribution in [0.25, 0.3) is 0 Å². The molecular formula is C18H24N4O3S4. The number of hydrogen-bond acceptors (Lipinski definition) is 8. The van der Waals surface area contributed by atoms with Crippen molar-refractivity contribution in [2.75, 3.05) is 29.8 Å². The zero-order valence-electron chi connectivity index (χ0n) is 16.4. The Bertz CT molecular complexity index is 956. The number of nitrogens with one attached hydrogen (secondary N) is 1. The summed E-state index contributed by atoms with van der Waals surface area (Å²) in [5.74, 6) is 0.791. The van der Waals surface area contributed by atoms with Crippen LogP contribution in [0, 0.1) is 0 Å². The molecule has 0 aliphatic carbocycles. The lowest BCUT2D eigenvalue weighted by atomic mass is 10.1. The van der Waals surface area contributed by atoms with Gasteiger partial charge in [0, 0.05) is 23.7 Å². The molecule has 1 amide bonds. The van der Waals surface area contributed by atoms with E-state index in [0.29, 0.717) is 18.7 Å². The Morgan fingerprint density at radius 2 is 2.00 bits per heavy atom. The second-order valence-electron chi connectivity index (χ2n) is 6.54. The topological polar surface area (TPSA) is 92.3 Å². The number of carbonyl (C=O) groups is 1.